The van der Waals surface area contributed by atoms with Gasteiger partial charge in [-0.05, 0) is 41.5 Å². The van der Waals surface area contributed by atoms with E-state index in [-0.39, 0.29) is 5.56 Å². The first-order valence-electron chi connectivity index (χ1n) is 7.51. The first kappa shape index (κ1) is 16.8. The Morgan fingerprint density at radius 3 is 2.28 bits per heavy atom. The first-order valence-corrected chi connectivity index (χ1v) is 7.51. The number of halogens is 3. The third-order valence-corrected chi connectivity index (χ3v) is 3.85. The predicted octanol–water partition coefficient (Wildman–Crippen LogP) is 4.90. The average Bonchev–Trinajstić information content (AvgIpc) is 2.62. The molecule has 0 fully saturated rings. The molecule has 25 heavy (non-hydrogen) atoms. The van der Waals surface area contributed by atoms with Gasteiger partial charge in [0.15, 0.2) is 17.3 Å². The number of hydrogen-bond acceptors (Lipinski definition) is 2. The van der Waals surface area contributed by atoms with Gasteiger partial charge in [-0.2, -0.15) is 0 Å². The largest absolute Gasteiger partial charge is 0.505 e. The van der Waals surface area contributed by atoms with Crippen LogP contribution in [0.4, 0.5) is 13.2 Å². The predicted molar refractivity (Wildman–Crippen MR) is 87.9 cm³/mol. The number of Topliss-reactive ketones (excluding diaryl/α,β-unsaturated/α-hetero) is 1. The van der Waals surface area contributed by atoms with Crippen molar-refractivity contribution in [1.82, 2.24) is 0 Å². The number of phenols is 1. The molecule has 3 aromatic carbocycles. The standard InChI is InChI=1S/C20H13F3O2/c21-15-6-2-4-13(10-15)12-3-1-5-14(9-12)19(25)11-16-17(22)7-8-18(24)20(16)23/h1-10,24H,11H2. The van der Waals surface area contributed by atoms with Crippen molar-refractivity contribution in [1.29, 1.82) is 0 Å². The molecule has 0 radical (unpaired) electrons. The van der Waals surface area contributed by atoms with E-state index >= 15 is 0 Å². The zero-order valence-electron chi connectivity index (χ0n) is 13.0. The van der Waals surface area contributed by atoms with E-state index in [1.165, 1.54) is 24.3 Å². The summed E-state index contributed by atoms with van der Waals surface area (Å²) in [4.78, 5) is 12.4. The van der Waals surface area contributed by atoms with Crippen LogP contribution in [0, 0.1) is 17.5 Å². The van der Waals surface area contributed by atoms with Crippen molar-refractivity contribution in [3.8, 4) is 16.9 Å². The molecular formula is C20H13F3O2. The monoisotopic (exact) mass is 342 g/mol. The maximum absolute atomic E-state index is 13.8. The van der Waals surface area contributed by atoms with Crippen molar-refractivity contribution in [2.45, 2.75) is 6.42 Å². The second-order valence-corrected chi connectivity index (χ2v) is 5.55. The van der Waals surface area contributed by atoms with Gasteiger partial charge in [-0.25, -0.2) is 13.2 Å². The van der Waals surface area contributed by atoms with Gasteiger partial charge in [0, 0.05) is 17.5 Å². The topological polar surface area (TPSA) is 37.3 Å². The molecule has 0 atom stereocenters. The highest BCUT2D eigenvalue weighted by Crippen LogP contribution is 2.25. The molecular weight excluding hydrogens is 329 g/mol. The molecule has 1 N–H and O–H groups in total. The van der Waals surface area contributed by atoms with Crippen LogP contribution in [0.15, 0.2) is 60.7 Å². The number of benzene rings is 3. The molecule has 3 aromatic rings. The molecule has 0 spiro atoms. The molecule has 0 saturated heterocycles. The summed E-state index contributed by atoms with van der Waals surface area (Å²) in [6.07, 6.45) is -0.529. The minimum atomic E-state index is -1.14. The van der Waals surface area contributed by atoms with Gasteiger partial charge in [-0.15, -0.1) is 0 Å². The molecule has 5 heteroatoms. The first-order chi connectivity index (χ1) is 12.0. The highest BCUT2D eigenvalue weighted by molar-refractivity contribution is 5.98. The molecule has 0 heterocycles. The van der Waals surface area contributed by atoms with E-state index in [0.29, 0.717) is 11.1 Å². The summed E-state index contributed by atoms with van der Waals surface area (Å²) in [6, 6.07) is 14.1. The van der Waals surface area contributed by atoms with Crippen LogP contribution in [-0.4, -0.2) is 10.9 Å². The molecule has 2 nitrogen and oxygen atoms in total. The molecule has 0 aromatic heterocycles. The Morgan fingerprint density at radius 2 is 1.56 bits per heavy atom. The lowest BCUT2D eigenvalue weighted by atomic mass is 9.98. The summed E-state index contributed by atoms with van der Waals surface area (Å²) in [5.74, 6) is -3.67. The highest BCUT2D eigenvalue weighted by Gasteiger charge is 2.18. The zero-order valence-corrected chi connectivity index (χ0v) is 13.0. The molecule has 0 aliphatic heterocycles. The van der Waals surface area contributed by atoms with Gasteiger partial charge in [-0.1, -0.05) is 30.3 Å². The fraction of sp³-hybridized carbons (Fsp3) is 0.0500. The maximum Gasteiger partial charge on any atom is 0.171 e. The lowest BCUT2D eigenvalue weighted by molar-refractivity contribution is 0.0990. The van der Waals surface area contributed by atoms with Crippen LogP contribution in [0.25, 0.3) is 11.1 Å². The van der Waals surface area contributed by atoms with E-state index in [9.17, 15) is 23.1 Å². The van der Waals surface area contributed by atoms with Gasteiger partial charge in [0.05, 0.1) is 0 Å². The van der Waals surface area contributed by atoms with E-state index < -0.39 is 41.0 Å². The van der Waals surface area contributed by atoms with Gasteiger partial charge >= 0.3 is 0 Å². The second-order valence-electron chi connectivity index (χ2n) is 5.55. The molecule has 0 unspecified atom stereocenters. The quantitative estimate of drug-likeness (QED) is 0.685. The van der Waals surface area contributed by atoms with E-state index in [1.807, 2.05) is 0 Å². The molecule has 0 saturated carbocycles. The van der Waals surface area contributed by atoms with E-state index in [0.717, 1.165) is 12.1 Å². The van der Waals surface area contributed by atoms with E-state index in [4.69, 9.17) is 0 Å². The van der Waals surface area contributed by atoms with Crippen LogP contribution in [-0.2, 0) is 6.42 Å². The van der Waals surface area contributed by atoms with Crippen molar-refractivity contribution in [3.63, 3.8) is 0 Å². The van der Waals surface area contributed by atoms with Gasteiger partial charge in [-0.3, -0.25) is 4.79 Å². The molecule has 0 aliphatic rings. The molecule has 126 valence electrons. The smallest absolute Gasteiger partial charge is 0.171 e. The Labute approximate surface area is 142 Å². The number of ketones is 1. The minimum Gasteiger partial charge on any atom is -0.505 e. The summed E-state index contributed by atoms with van der Waals surface area (Å²) in [5, 5.41) is 9.34. The Morgan fingerprint density at radius 1 is 0.880 bits per heavy atom. The van der Waals surface area contributed by atoms with Crippen LogP contribution in [0.2, 0.25) is 0 Å². The second kappa shape index (κ2) is 6.81. The zero-order chi connectivity index (χ0) is 18.0. The maximum atomic E-state index is 13.8. The van der Waals surface area contributed by atoms with Gasteiger partial charge in [0.25, 0.3) is 0 Å². The number of phenolic OH excluding ortho intramolecular Hbond substituents is 1. The summed E-state index contributed by atoms with van der Waals surface area (Å²) in [6.45, 7) is 0. The summed E-state index contributed by atoms with van der Waals surface area (Å²) in [5.41, 5.74) is 0.955. The van der Waals surface area contributed by atoms with Gasteiger partial charge < -0.3 is 5.11 Å². The Hall–Kier alpha value is -3.08. The summed E-state index contributed by atoms with van der Waals surface area (Å²) < 4.78 is 40.9. The van der Waals surface area contributed by atoms with Crippen LogP contribution in [0.5, 0.6) is 5.75 Å². The van der Waals surface area contributed by atoms with Gasteiger partial charge in [0.1, 0.15) is 11.6 Å². The van der Waals surface area contributed by atoms with Crippen molar-refractivity contribution < 1.29 is 23.1 Å². The van der Waals surface area contributed by atoms with Crippen LogP contribution in [0.3, 0.4) is 0 Å². The normalized spacial score (nSPS) is 10.7. The van der Waals surface area contributed by atoms with Gasteiger partial charge in [0.2, 0.25) is 0 Å². The molecule has 0 bridgehead atoms. The van der Waals surface area contributed by atoms with E-state index in [1.54, 1.807) is 24.3 Å². The van der Waals surface area contributed by atoms with Crippen LogP contribution in [0.1, 0.15) is 15.9 Å². The number of aromatic hydroxyl groups is 1. The average molecular weight is 342 g/mol. The van der Waals surface area contributed by atoms with Crippen LogP contribution < -0.4 is 0 Å². The number of carbonyl (C=O) groups is 1. The highest BCUT2D eigenvalue weighted by atomic mass is 19.1. The third kappa shape index (κ3) is 3.55. The van der Waals surface area contributed by atoms with Crippen molar-refractivity contribution in [2.75, 3.05) is 0 Å². The summed E-state index contributed by atoms with van der Waals surface area (Å²) in [7, 11) is 0. The van der Waals surface area contributed by atoms with Crippen LogP contribution >= 0.6 is 0 Å². The number of rotatable bonds is 4. The van der Waals surface area contributed by atoms with Crippen molar-refractivity contribution in [2.24, 2.45) is 0 Å². The fourth-order valence-electron chi connectivity index (χ4n) is 2.55. The third-order valence-electron chi connectivity index (χ3n) is 3.85. The summed E-state index contributed by atoms with van der Waals surface area (Å²) >= 11 is 0. The molecule has 3 rings (SSSR count). The molecule has 0 aliphatic carbocycles. The lowest BCUT2D eigenvalue weighted by Gasteiger charge is -2.08. The SMILES string of the molecule is O=C(Cc1c(F)ccc(O)c1F)c1cccc(-c2cccc(F)c2)c1. The Balaban J connectivity index is 1.92. The molecule has 0 amide bonds. The van der Waals surface area contributed by atoms with Crippen molar-refractivity contribution >= 4 is 5.78 Å². The van der Waals surface area contributed by atoms with E-state index in [2.05, 4.69) is 0 Å². The number of hydrogen-bond donors (Lipinski definition) is 1. The fourth-order valence-corrected chi connectivity index (χ4v) is 2.55. The van der Waals surface area contributed by atoms with Crippen molar-refractivity contribution in [3.05, 3.63) is 89.2 Å². The Kier molecular flexibility index (Phi) is 4.57. The Bertz CT molecular complexity index is 951. The lowest BCUT2D eigenvalue weighted by Crippen LogP contribution is -2.07. The number of carbonyl (C=O) groups excluding carboxylic acids is 1. The minimum absolute atomic E-state index is 0.240.